The molecule has 2 aromatic rings. The molecule has 0 spiro atoms. The van der Waals surface area contributed by atoms with Crippen molar-refractivity contribution in [2.24, 2.45) is 0 Å². The number of H-pyrrole nitrogens is 1. The molecule has 2 aliphatic heterocycles. The lowest BCUT2D eigenvalue weighted by atomic mass is 10.1. The van der Waals surface area contributed by atoms with E-state index in [0.29, 0.717) is 5.56 Å². The maximum absolute atomic E-state index is 15.8. The molecule has 0 radical (unpaired) electrons. The molecule has 1 aromatic heterocycles. The number of ether oxygens (including phenoxy) is 1. The zero-order valence-electron chi connectivity index (χ0n) is 18.4. The minimum Gasteiger partial charge on any atom is -0.404 e. The van der Waals surface area contributed by atoms with E-state index in [0.717, 1.165) is 6.20 Å². The lowest BCUT2D eigenvalue weighted by Gasteiger charge is -2.28. The number of fused-ring (bicyclic) bond motifs is 1. The second kappa shape index (κ2) is 8.19. The molecular formula is C17H18FN2O9PS. The van der Waals surface area contributed by atoms with Crippen LogP contribution in [0.25, 0.3) is 0 Å². The third-order valence-electron chi connectivity index (χ3n) is 4.47. The molecule has 5 atom stereocenters. The molecule has 3 heterocycles. The minimum absolute atomic E-state index is 0.0196. The fraction of sp³-hybridized carbons (Fsp3) is 0.412. The Morgan fingerprint density at radius 3 is 2.97 bits per heavy atom. The molecule has 1 unspecified atom stereocenters. The van der Waals surface area contributed by atoms with Gasteiger partial charge >= 0.3 is 13.5 Å². The predicted molar refractivity (Wildman–Crippen MR) is 103 cm³/mol. The summed E-state index contributed by atoms with van der Waals surface area (Å²) < 4.78 is 72.6. The van der Waals surface area contributed by atoms with Crippen LogP contribution < -0.4 is 10.2 Å². The summed E-state index contributed by atoms with van der Waals surface area (Å²) in [5, 5.41) is 30.1. The normalized spacial score (nSPS) is 36.7. The SMILES string of the molecule is [2H]C([2H])(OP1(=O)OCc2ccccc2O1)[C@@]1(F)O[C@@]([2H])(n2cc(CO)c(=S)[nH]c2=O)[C@H](O)[C@@H]1O. The molecule has 168 valence electrons. The Kier molecular flexibility index (Phi) is 4.91. The van der Waals surface area contributed by atoms with Crippen molar-refractivity contribution in [1.29, 1.82) is 0 Å². The largest absolute Gasteiger partial charge is 0.530 e. The maximum atomic E-state index is 15.8. The molecule has 1 saturated heterocycles. The van der Waals surface area contributed by atoms with Crippen molar-refractivity contribution in [2.45, 2.75) is 37.5 Å². The number of nitrogens with zero attached hydrogens (tertiary/aromatic N) is 1. The zero-order valence-corrected chi connectivity index (χ0v) is 17.1. The first kappa shape index (κ1) is 18.6. The standard InChI is InChI=1S/C17H18FN2O9PS/c18-17(8-27-30(25)26-7-9-3-1-2-4-11(9)29-30)13(23)12(22)15(28-17)20-5-10(6-21)14(31)19-16(20)24/h1-5,12-13,15,21-23H,6-8H2,(H,19,24,31)/t12-,13+,15-,17-,30?/m1/s1/i8D2,15D. The number of aliphatic hydroxyl groups excluding tert-OH is 3. The number of aliphatic hydroxyl groups is 3. The summed E-state index contributed by atoms with van der Waals surface area (Å²) in [5.41, 5.74) is -0.863. The molecule has 2 aliphatic rings. The van der Waals surface area contributed by atoms with Crippen LogP contribution in [0, 0.1) is 4.64 Å². The van der Waals surface area contributed by atoms with Gasteiger partial charge in [0.25, 0.3) is 5.85 Å². The Labute approximate surface area is 183 Å². The number of aromatic amines is 1. The summed E-state index contributed by atoms with van der Waals surface area (Å²) >= 11 is 4.84. The Bertz CT molecular complexity index is 1300. The van der Waals surface area contributed by atoms with Gasteiger partial charge in [-0.2, -0.15) is 0 Å². The van der Waals surface area contributed by atoms with E-state index < -0.39 is 50.9 Å². The van der Waals surface area contributed by atoms with Crippen molar-refractivity contribution >= 4 is 20.0 Å². The fourth-order valence-corrected chi connectivity index (χ4v) is 4.14. The number of hydrogen-bond acceptors (Lipinski definition) is 10. The van der Waals surface area contributed by atoms with Gasteiger partial charge in [0.15, 0.2) is 6.20 Å². The first-order chi connectivity index (χ1) is 15.8. The van der Waals surface area contributed by atoms with Gasteiger partial charge in [-0.25, -0.2) is 13.8 Å². The van der Waals surface area contributed by atoms with Crippen LogP contribution in [0.3, 0.4) is 0 Å². The van der Waals surface area contributed by atoms with Crippen LogP contribution in [0.4, 0.5) is 4.39 Å². The van der Waals surface area contributed by atoms with Crippen LogP contribution >= 0.6 is 20.0 Å². The second-order valence-electron chi connectivity index (χ2n) is 6.53. The molecule has 1 aromatic carbocycles. The molecule has 11 nitrogen and oxygen atoms in total. The van der Waals surface area contributed by atoms with Crippen molar-refractivity contribution in [3.8, 4) is 5.75 Å². The van der Waals surface area contributed by atoms with Gasteiger partial charge in [0.1, 0.15) is 29.2 Å². The number of phosphoric ester groups is 1. The van der Waals surface area contributed by atoms with E-state index in [9.17, 15) is 24.7 Å². The van der Waals surface area contributed by atoms with Gasteiger partial charge in [0.05, 0.1) is 17.3 Å². The van der Waals surface area contributed by atoms with E-state index in [1.807, 2.05) is 0 Å². The topological polar surface area (TPSA) is 152 Å². The molecule has 4 rings (SSSR count). The van der Waals surface area contributed by atoms with Crippen molar-refractivity contribution in [2.75, 3.05) is 6.56 Å². The number of nitrogens with one attached hydrogen (secondary N) is 1. The van der Waals surface area contributed by atoms with Crippen LogP contribution in [0.5, 0.6) is 5.75 Å². The average Bonchev–Trinajstić information content (AvgIpc) is 2.94. The third-order valence-corrected chi connectivity index (χ3v) is 6.01. The summed E-state index contributed by atoms with van der Waals surface area (Å²) in [6.45, 7) is -4.89. The second-order valence-corrected chi connectivity index (χ2v) is 8.46. The van der Waals surface area contributed by atoms with Gasteiger partial charge < -0.3 is 24.6 Å². The van der Waals surface area contributed by atoms with Crippen LogP contribution in [0.2, 0.25) is 0 Å². The number of hydrogen-bond donors (Lipinski definition) is 4. The number of para-hydroxylation sites is 1. The first-order valence-electron chi connectivity index (χ1n) is 10.2. The number of rotatable bonds is 5. The van der Waals surface area contributed by atoms with Crippen LogP contribution in [0.15, 0.2) is 35.3 Å². The minimum atomic E-state index is -4.82. The smallest absolute Gasteiger partial charge is 0.404 e. The Morgan fingerprint density at radius 1 is 1.48 bits per heavy atom. The first-order valence-corrected chi connectivity index (χ1v) is 10.6. The molecule has 0 aliphatic carbocycles. The van der Waals surface area contributed by atoms with Gasteiger partial charge in [-0.15, -0.1) is 0 Å². The van der Waals surface area contributed by atoms with Gasteiger partial charge in [0, 0.05) is 17.3 Å². The van der Waals surface area contributed by atoms with Crippen molar-refractivity contribution < 1.29 is 46.7 Å². The molecule has 4 N–H and O–H groups in total. The van der Waals surface area contributed by atoms with Crippen LogP contribution in [0.1, 0.15) is 21.4 Å². The summed E-state index contributed by atoms with van der Waals surface area (Å²) in [5.74, 6) is -4.04. The van der Waals surface area contributed by atoms with Crippen molar-refractivity contribution in [3.05, 3.63) is 56.7 Å². The molecular weight excluding hydrogens is 458 g/mol. The number of benzene rings is 1. The van der Waals surface area contributed by atoms with E-state index >= 15 is 4.39 Å². The lowest BCUT2D eigenvalue weighted by Crippen LogP contribution is -2.43. The molecule has 14 heteroatoms. The van der Waals surface area contributed by atoms with Crippen molar-refractivity contribution in [3.63, 3.8) is 0 Å². The number of alkyl halides is 1. The van der Waals surface area contributed by atoms with Gasteiger partial charge in [0.2, 0.25) is 0 Å². The highest BCUT2D eigenvalue weighted by Gasteiger charge is 2.57. The maximum Gasteiger partial charge on any atom is 0.530 e. The van der Waals surface area contributed by atoms with Gasteiger partial charge in [-0.3, -0.25) is 18.6 Å². The molecule has 31 heavy (non-hydrogen) atoms. The molecule has 1 fully saturated rings. The summed E-state index contributed by atoms with van der Waals surface area (Å²) in [4.78, 5) is 14.4. The number of aromatic nitrogens is 2. The van der Waals surface area contributed by atoms with Crippen LogP contribution in [-0.4, -0.2) is 49.5 Å². The monoisotopic (exact) mass is 479 g/mol. The number of halogens is 1. The van der Waals surface area contributed by atoms with E-state index in [1.54, 1.807) is 12.1 Å². The Morgan fingerprint density at radius 2 is 2.23 bits per heavy atom. The molecule has 0 amide bonds. The van der Waals surface area contributed by atoms with E-state index in [-0.39, 0.29) is 27.1 Å². The fourth-order valence-electron chi connectivity index (χ4n) is 2.84. The lowest BCUT2D eigenvalue weighted by molar-refractivity contribution is -0.205. The average molecular weight is 479 g/mol. The zero-order chi connectivity index (χ0) is 25.1. The highest BCUT2D eigenvalue weighted by Crippen LogP contribution is 2.55. The Balaban J connectivity index is 1.69. The third kappa shape index (κ3) is 4.11. The van der Waals surface area contributed by atoms with Crippen molar-refractivity contribution in [1.82, 2.24) is 9.55 Å². The van der Waals surface area contributed by atoms with E-state index in [2.05, 4.69) is 4.98 Å². The highest BCUT2D eigenvalue weighted by atomic mass is 32.1. The van der Waals surface area contributed by atoms with Gasteiger partial charge in [-0.1, -0.05) is 30.4 Å². The molecule has 0 bridgehead atoms. The summed E-state index contributed by atoms with van der Waals surface area (Å²) in [7, 11) is -4.82. The number of phosphoric acid groups is 1. The predicted octanol–water partition coefficient (Wildman–Crippen LogP) is 1.05. The quantitative estimate of drug-likeness (QED) is 0.362. The Hall–Kier alpha value is -1.96. The molecule has 0 saturated carbocycles. The summed E-state index contributed by atoms with van der Waals surface area (Å²) in [6.07, 6.45) is -7.78. The van der Waals surface area contributed by atoms with E-state index in [1.165, 1.54) is 12.1 Å². The van der Waals surface area contributed by atoms with E-state index in [4.69, 9.17) is 34.6 Å². The van der Waals surface area contributed by atoms with Gasteiger partial charge in [-0.05, 0) is 6.07 Å². The highest BCUT2D eigenvalue weighted by molar-refractivity contribution is 7.71. The summed E-state index contributed by atoms with van der Waals surface area (Å²) in [6, 6.07) is 6.12. The van der Waals surface area contributed by atoms with Crippen LogP contribution in [-0.2, 0) is 31.6 Å².